The minimum absolute atomic E-state index is 0.000715. The van der Waals surface area contributed by atoms with E-state index in [2.05, 4.69) is 17.1 Å². The molecule has 0 spiro atoms. The number of nitrogens with one attached hydrogen (secondary N) is 1. The topological polar surface area (TPSA) is 58.4 Å². The van der Waals surface area contributed by atoms with Crippen molar-refractivity contribution in [1.29, 1.82) is 0 Å². The molecule has 1 rings (SSSR count). The molecular formula is C13H27N3O. The zero-order chi connectivity index (χ0) is 12.7. The van der Waals surface area contributed by atoms with Crippen LogP contribution in [0.15, 0.2) is 0 Å². The first-order valence-electron chi connectivity index (χ1n) is 6.90. The number of hydrogen-bond acceptors (Lipinski definition) is 3. The third kappa shape index (κ3) is 5.04. The standard InChI is InChI=1S/C13H27N3O/c1-3-11(2)12(14)13(17)15-7-6-10-16-8-4-5-9-16/h11-12H,3-10,14H2,1-2H3,(H,15,17)/t11-,12-/m0/s1. The summed E-state index contributed by atoms with van der Waals surface area (Å²) in [7, 11) is 0. The van der Waals surface area contributed by atoms with Crippen molar-refractivity contribution < 1.29 is 4.79 Å². The van der Waals surface area contributed by atoms with E-state index in [0.717, 1.165) is 25.9 Å². The Morgan fingerprint density at radius 1 is 1.41 bits per heavy atom. The molecule has 3 N–H and O–H groups in total. The van der Waals surface area contributed by atoms with E-state index < -0.39 is 0 Å². The summed E-state index contributed by atoms with van der Waals surface area (Å²) in [5.41, 5.74) is 5.85. The predicted octanol–water partition coefficient (Wildman–Crippen LogP) is 0.962. The van der Waals surface area contributed by atoms with Crippen molar-refractivity contribution in [3.8, 4) is 0 Å². The van der Waals surface area contributed by atoms with Gasteiger partial charge in [-0.3, -0.25) is 4.79 Å². The summed E-state index contributed by atoms with van der Waals surface area (Å²) in [6.07, 6.45) is 4.62. The van der Waals surface area contributed by atoms with Gasteiger partial charge in [-0.15, -0.1) is 0 Å². The van der Waals surface area contributed by atoms with Gasteiger partial charge in [0.25, 0.3) is 0 Å². The molecule has 0 bridgehead atoms. The van der Waals surface area contributed by atoms with Crippen LogP contribution < -0.4 is 11.1 Å². The van der Waals surface area contributed by atoms with Gasteiger partial charge in [0.15, 0.2) is 0 Å². The van der Waals surface area contributed by atoms with Crippen LogP contribution in [0.5, 0.6) is 0 Å². The summed E-state index contributed by atoms with van der Waals surface area (Å²) in [5, 5.41) is 2.93. The van der Waals surface area contributed by atoms with Gasteiger partial charge >= 0.3 is 0 Å². The maximum Gasteiger partial charge on any atom is 0.237 e. The maximum atomic E-state index is 11.7. The van der Waals surface area contributed by atoms with E-state index in [1.165, 1.54) is 25.9 Å². The third-order valence-electron chi connectivity index (χ3n) is 3.71. The molecule has 0 aromatic rings. The highest BCUT2D eigenvalue weighted by Gasteiger charge is 2.18. The van der Waals surface area contributed by atoms with Crippen LogP contribution in [0.25, 0.3) is 0 Å². The van der Waals surface area contributed by atoms with Crippen LogP contribution in [0.3, 0.4) is 0 Å². The Kier molecular flexibility index (Phi) is 6.52. The van der Waals surface area contributed by atoms with Gasteiger partial charge in [-0.1, -0.05) is 20.3 Å². The molecule has 1 aliphatic rings. The Hall–Kier alpha value is -0.610. The van der Waals surface area contributed by atoms with Crippen LogP contribution in [0.4, 0.5) is 0 Å². The molecule has 0 aliphatic carbocycles. The molecule has 1 fully saturated rings. The van der Waals surface area contributed by atoms with E-state index in [0.29, 0.717) is 0 Å². The third-order valence-corrected chi connectivity index (χ3v) is 3.71. The molecule has 1 heterocycles. The smallest absolute Gasteiger partial charge is 0.237 e. The van der Waals surface area contributed by atoms with Crippen LogP contribution in [0.2, 0.25) is 0 Å². The molecule has 0 aromatic carbocycles. The monoisotopic (exact) mass is 241 g/mol. The highest BCUT2D eigenvalue weighted by atomic mass is 16.2. The van der Waals surface area contributed by atoms with Gasteiger partial charge in [0.05, 0.1) is 6.04 Å². The largest absolute Gasteiger partial charge is 0.355 e. The van der Waals surface area contributed by atoms with Crippen LogP contribution in [0.1, 0.15) is 39.5 Å². The second kappa shape index (κ2) is 7.67. The van der Waals surface area contributed by atoms with E-state index in [1.54, 1.807) is 0 Å². The predicted molar refractivity (Wildman–Crippen MR) is 70.7 cm³/mol. The fourth-order valence-electron chi connectivity index (χ4n) is 2.15. The number of carbonyl (C=O) groups is 1. The van der Waals surface area contributed by atoms with Crippen molar-refractivity contribution in [2.75, 3.05) is 26.2 Å². The van der Waals surface area contributed by atoms with Crippen molar-refractivity contribution in [2.24, 2.45) is 11.7 Å². The number of carbonyl (C=O) groups excluding carboxylic acids is 1. The van der Waals surface area contributed by atoms with Gasteiger partial charge in [0.1, 0.15) is 0 Å². The zero-order valence-corrected chi connectivity index (χ0v) is 11.2. The van der Waals surface area contributed by atoms with Crippen molar-refractivity contribution in [3.05, 3.63) is 0 Å². The molecule has 100 valence electrons. The average molecular weight is 241 g/mol. The number of amides is 1. The molecule has 1 saturated heterocycles. The maximum absolute atomic E-state index is 11.7. The molecule has 0 radical (unpaired) electrons. The summed E-state index contributed by atoms with van der Waals surface area (Å²) < 4.78 is 0. The summed E-state index contributed by atoms with van der Waals surface area (Å²) in [6.45, 7) is 8.37. The first-order valence-corrected chi connectivity index (χ1v) is 6.90. The minimum Gasteiger partial charge on any atom is -0.355 e. The fraction of sp³-hybridized carbons (Fsp3) is 0.923. The van der Waals surface area contributed by atoms with E-state index in [1.807, 2.05) is 6.92 Å². The first kappa shape index (κ1) is 14.5. The SMILES string of the molecule is CC[C@H](C)[C@H](N)C(=O)NCCCN1CCCC1. The quantitative estimate of drug-likeness (QED) is 0.653. The van der Waals surface area contributed by atoms with Gasteiger partial charge in [-0.2, -0.15) is 0 Å². The molecule has 17 heavy (non-hydrogen) atoms. The lowest BCUT2D eigenvalue weighted by atomic mass is 9.99. The molecule has 1 aliphatic heterocycles. The second-order valence-electron chi connectivity index (χ2n) is 5.10. The van der Waals surface area contributed by atoms with Gasteiger partial charge in [0.2, 0.25) is 5.91 Å². The Morgan fingerprint density at radius 2 is 2.06 bits per heavy atom. The second-order valence-corrected chi connectivity index (χ2v) is 5.10. The van der Waals surface area contributed by atoms with Crippen LogP contribution in [-0.2, 0) is 4.79 Å². The van der Waals surface area contributed by atoms with Crippen LogP contribution in [0, 0.1) is 5.92 Å². The Bertz CT molecular complexity index is 227. The minimum atomic E-state index is -0.355. The summed E-state index contributed by atoms with van der Waals surface area (Å²) in [4.78, 5) is 14.1. The molecule has 0 unspecified atom stereocenters. The number of rotatable bonds is 7. The van der Waals surface area contributed by atoms with Gasteiger partial charge < -0.3 is 16.0 Å². The van der Waals surface area contributed by atoms with E-state index in [4.69, 9.17) is 5.73 Å². The Morgan fingerprint density at radius 3 is 2.65 bits per heavy atom. The van der Waals surface area contributed by atoms with Crippen LogP contribution in [-0.4, -0.2) is 43.0 Å². The molecule has 4 nitrogen and oxygen atoms in total. The van der Waals surface area contributed by atoms with Crippen molar-refractivity contribution in [3.63, 3.8) is 0 Å². The van der Waals surface area contributed by atoms with Gasteiger partial charge in [-0.05, 0) is 44.8 Å². The number of nitrogens with two attached hydrogens (primary N) is 1. The lowest BCUT2D eigenvalue weighted by Gasteiger charge is -2.18. The molecule has 1 amide bonds. The van der Waals surface area contributed by atoms with Gasteiger partial charge in [0, 0.05) is 6.54 Å². The lowest BCUT2D eigenvalue weighted by Crippen LogP contribution is -2.45. The van der Waals surface area contributed by atoms with Crippen molar-refractivity contribution >= 4 is 5.91 Å². The first-order chi connectivity index (χ1) is 8.15. The summed E-state index contributed by atoms with van der Waals surface area (Å²) >= 11 is 0. The molecule has 2 atom stereocenters. The van der Waals surface area contributed by atoms with E-state index in [9.17, 15) is 4.79 Å². The fourth-order valence-corrected chi connectivity index (χ4v) is 2.15. The van der Waals surface area contributed by atoms with Gasteiger partial charge in [-0.25, -0.2) is 0 Å². The summed E-state index contributed by atoms with van der Waals surface area (Å²) in [6, 6.07) is -0.355. The molecule has 0 saturated carbocycles. The van der Waals surface area contributed by atoms with Crippen LogP contribution >= 0.6 is 0 Å². The molecule has 4 heteroatoms. The Labute approximate surface area is 105 Å². The number of nitrogens with zero attached hydrogens (tertiary/aromatic N) is 1. The van der Waals surface area contributed by atoms with Crippen molar-refractivity contribution in [2.45, 2.75) is 45.6 Å². The van der Waals surface area contributed by atoms with E-state index in [-0.39, 0.29) is 17.9 Å². The number of likely N-dealkylation sites (tertiary alicyclic amines) is 1. The number of hydrogen-bond donors (Lipinski definition) is 2. The zero-order valence-electron chi connectivity index (χ0n) is 11.2. The Balaban J connectivity index is 2.06. The molecular weight excluding hydrogens is 214 g/mol. The summed E-state index contributed by atoms with van der Waals surface area (Å²) in [5.74, 6) is 0.259. The highest BCUT2D eigenvalue weighted by Crippen LogP contribution is 2.07. The lowest BCUT2D eigenvalue weighted by molar-refractivity contribution is -0.123. The van der Waals surface area contributed by atoms with Crippen molar-refractivity contribution in [1.82, 2.24) is 10.2 Å². The normalized spacial score (nSPS) is 20.2. The molecule has 0 aromatic heterocycles. The average Bonchev–Trinajstić information content (AvgIpc) is 2.85. The highest BCUT2D eigenvalue weighted by molar-refractivity contribution is 5.81. The van der Waals surface area contributed by atoms with E-state index >= 15 is 0 Å².